The van der Waals surface area contributed by atoms with Crippen LogP contribution in [0.25, 0.3) is 10.8 Å². The summed E-state index contributed by atoms with van der Waals surface area (Å²) in [6.07, 6.45) is 1.50. The number of hydrogen-bond acceptors (Lipinski definition) is 4. The van der Waals surface area contributed by atoms with Gasteiger partial charge in [0.1, 0.15) is 5.75 Å². The van der Waals surface area contributed by atoms with Gasteiger partial charge in [-0.05, 0) is 53.3 Å². The predicted molar refractivity (Wildman–Crippen MR) is 106 cm³/mol. The van der Waals surface area contributed by atoms with E-state index in [1.54, 1.807) is 18.2 Å². The highest BCUT2D eigenvalue weighted by Crippen LogP contribution is 2.25. The largest absolute Gasteiger partial charge is 0.507 e. The third-order valence-electron chi connectivity index (χ3n) is 3.70. The van der Waals surface area contributed by atoms with Crippen LogP contribution >= 0.6 is 12.2 Å². The molecule has 3 aromatic rings. The molecule has 0 amide bonds. The molecule has 7 heteroatoms. The number of aromatic hydroxyl groups is 1. The molecule has 26 heavy (non-hydrogen) atoms. The van der Waals surface area contributed by atoms with E-state index in [1.807, 2.05) is 30.3 Å². The Kier molecular flexibility index (Phi) is 5.09. The number of carboxylic acids is 1. The molecular weight excluding hydrogens is 350 g/mol. The van der Waals surface area contributed by atoms with Gasteiger partial charge in [0.25, 0.3) is 0 Å². The van der Waals surface area contributed by atoms with Crippen LogP contribution < -0.4 is 10.7 Å². The lowest BCUT2D eigenvalue weighted by molar-refractivity contribution is 0.0697. The molecule has 6 nitrogen and oxygen atoms in total. The molecule has 0 aliphatic carbocycles. The van der Waals surface area contributed by atoms with Crippen molar-refractivity contribution in [3.8, 4) is 5.75 Å². The van der Waals surface area contributed by atoms with Gasteiger partial charge in [-0.2, -0.15) is 5.10 Å². The van der Waals surface area contributed by atoms with Gasteiger partial charge in [0.2, 0.25) is 0 Å². The lowest BCUT2D eigenvalue weighted by Gasteiger charge is -2.08. The zero-order valence-corrected chi connectivity index (χ0v) is 14.3. The molecule has 0 radical (unpaired) electrons. The predicted octanol–water partition coefficient (Wildman–Crippen LogP) is 3.56. The summed E-state index contributed by atoms with van der Waals surface area (Å²) in [4.78, 5) is 10.8. The number of carboxylic acid groups (broad SMARTS) is 1. The fourth-order valence-electron chi connectivity index (χ4n) is 2.43. The fraction of sp³-hybridized carbons (Fsp3) is 0. The summed E-state index contributed by atoms with van der Waals surface area (Å²) in [7, 11) is 0. The van der Waals surface area contributed by atoms with Crippen molar-refractivity contribution in [3.05, 3.63) is 71.8 Å². The molecule has 3 aromatic carbocycles. The minimum atomic E-state index is -0.989. The van der Waals surface area contributed by atoms with Crippen LogP contribution in [0.5, 0.6) is 5.75 Å². The van der Waals surface area contributed by atoms with Gasteiger partial charge >= 0.3 is 5.97 Å². The minimum Gasteiger partial charge on any atom is -0.507 e. The molecule has 3 rings (SSSR count). The smallest absolute Gasteiger partial charge is 0.335 e. The van der Waals surface area contributed by atoms with Crippen molar-refractivity contribution in [1.82, 2.24) is 5.43 Å². The molecule has 0 aromatic heterocycles. The third-order valence-corrected chi connectivity index (χ3v) is 3.89. The number of fused-ring (bicyclic) bond motifs is 1. The number of aromatic carboxylic acids is 1. The van der Waals surface area contributed by atoms with E-state index in [9.17, 15) is 9.90 Å². The molecule has 0 unspecified atom stereocenters. The highest BCUT2D eigenvalue weighted by atomic mass is 32.1. The summed E-state index contributed by atoms with van der Waals surface area (Å²) in [5.74, 6) is -0.867. The van der Waals surface area contributed by atoms with Crippen LogP contribution in [0.1, 0.15) is 15.9 Å². The fourth-order valence-corrected chi connectivity index (χ4v) is 2.60. The summed E-state index contributed by atoms with van der Waals surface area (Å²) in [5, 5.41) is 28.0. The third kappa shape index (κ3) is 3.96. The van der Waals surface area contributed by atoms with Crippen LogP contribution in [0.4, 0.5) is 5.69 Å². The Morgan fingerprint density at radius 3 is 2.50 bits per heavy atom. The average molecular weight is 365 g/mol. The molecule has 0 aliphatic heterocycles. The number of phenols is 1. The molecular formula is C19H15N3O3S. The normalized spacial score (nSPS) is 10.8. The van der Waals surface area contributed by atoms with Gasteiger partial charge in [0, 0.05) is 11.3 Å². The Balaban J connectivity index is 1.68. The van der Waals surface area contributed by atoms with Gasteiger partial charge in [-0.25, -0.2) is 4.79 Å². The Labute approximate surface area is 154 Å². The molecule has 0 atom stereocenters. The van der Waals surface area contributed by atoms with E-state index in [0.29, 0.717) is 11.3 Å². The summed E-state index contributed by atoms with van der Waals surface area (Å²) < 4.78 is 0. The zero-order chi connectivity index (χ0) is 18.5. The SMILES string of the molecule is O=C(O)c1ccc(NC(=S)N/N=C/c2c(O)ccc3ccccc23)cc1. The highest BCUT2D eigenvalue weighted by molar-refractivity contribution is 7.80. The molecule has 0 bridgehead atoms. The number of nitrogens with zero attached hydrogens (tertiary/aromatic N) is 1. The maximum Gasteiger partial charge on any atom is 0.335 e. The summed E-state index contributed by atoms with van der Waals surface area (Å²) in [6, 6.07) is 17.3. The van der Waals surface area contributed by atoms with E-state index in [-0.39, 0.29) is 16.4 Å². The Morgan fingerprint density at radius 2 is 1.77 bits per heavy atom. The van der Waals surface area contributed by atoms with E-state index < -0.39 is 5.97 Å². The second-order valence-electron chi connectivity index (χ2n) is 5.43. The second-order valence-corrected chi connectivity index (χ2v) is 5.83. The lowest BCUT2D eigenvalue weighted by Crippen LogP contribution is -2.23. The Bertz CT molecular complexity index is 1000. The van der Waals surface area contributed by atoms with E-state index in [2.05, 4.69) is 15.8 Å². The number of phenolic OH excluding ortho intramolecular Hbond substituents is 1. The first kappa shape index (κ1) is 17.4. The molecule has 0 aliphatic rings. The number of carbonyl (C=O) groups is 1. The molecule has 130 valence electrons. The van der Waals surface area contributed by atoms with Crippen LogP contribution in [0.2, 0.25) is 0 Å². The monoisotopic (exact) mass is 365 g/mol. The summed E-state index contributed by atoms with van der Waals surface area (Å²) in [6.45, 7) is 0. The highest BCUT2D eigenvalue weighted by Gasteiger charge is 2.05. The van der Waals surface area contributed by atoms with Crippen molar-refractivity contribution in [1.29, 1.82) is 0 Å². The van der Waals surface area contributed by atoms with Crippen LogP contribution in [0.15, 0.2) is 65.8 Å². The van der Waals surface area contributed by atoms with Crippen molar-refractivity contribution in [2.45, 2.75) is 0 Å². The van der Waals surface area contributed by atoms with Gasteiger partial charge < -0.3 is 15.5 Å². The number of thiocarbonyl (C=S) groups is 1. The van der Waals surface area contributed by atoms with Crippen LogP contribution in [0.3, 0.4) is 0 Å². The molecule has 0 heterocycles. The first-order valence-corrected chi connectivity index (χ1v) is 8.09. The van der Waals surface area contributed by atoms with E-state index in [4.69, 9.17) is 17.3 Å². The lowest BCUT2D eigenvalue weighted by atomic mass is 10.0. The number of rotatable bonds is 4. The van der Waals surface area contributed by atoms with E-state index in [1.165, 1.54) is 18.3 Å². The zero-order valence-electron chi connectivity index (χ0n) is 13.5. The van der Waals surface area contributed by atoms with Crippen molar-refractivity contribution in [2.24, 2.45) is 5.10 Å². The number of anilines is 1. The topological polar surface area (TPSA) is 94.0 Å². The molecule has 0 saturated carbocycles. The van der Waals surface area contributed by atoms with Gasteiger partial charge in [0.15, 0.2) is 5.11 Å². The maximum absolute atomic E-state index is 10.8. The number of benzene rings is 3. The summed E-state index contributed by atoms with van der Waals surface area (Å²) in [5.41, 5.74) is 4.09. The van der Waals surface area contributed by atoms with Crippen LogP contribution in [-0.2, 0) is 0 Å². The first-order valence-electron chi connectivity index (χ1n) is 7.69. The Morgan fingerprint density at radius 1 is 1.04 bits per heavy atom. The molecule has 0 saturated heterocycles. The van der Waals surface area contributed by atoms with Gasteiger partial charge in [0.05, 0.1) is 11.8 Å². The number of hydrazone groups is 1. The van der Waals surface area contributed by atoms with Crippen LogP contribution in [-0.4, -0.2) is 27.5 Å². The molecule has 0 spiro atoms. The van der Waals surface area contributed by atoms with E-state index in [0.717, 1.165) is 10.8 Å². The maximum atomic E-state index is 10.8. The first-order chi connectivity index (χ1) is 12.5. The quantitative estimate of drug-likeness (QED) is 0.321. The van der Waals surface area contributed by atoms with Gasteiger partial charge in [-0.1, -0.05) is 30.3 Å². The average Bonchev–Trinajstić information content (AvgIpc) is 2.64. The number of hydrogen-bond donors (Lipinski definition) is 4. The second kappa shape index (κ2) is 7.62. The van der Waals surface area contributed by atoms with Crippen molar-refractivity contribution in [2.75, 3.05) is 5.32 Å². The molecule has 0 fully saturated rings. The number of nitrogens with one attached hydrogen (secondary N) is 2. The van der Waals surface area contributed by atoms with E-state index >= 15 is 0 Å². The van der Waals surface area contributed by atoms with Crippen molar-refractivity contribution in [3.63, 3.8) is 0 Å². The Hall–Kier alpha value is -3.45. The van der Waals surface area contributed by atoms with Crippen molar-refractivity contribution >= 4 is 46.0 Å². The van der Waals surface area contributed by atoms with Gasteiger partial charge in [-0.3, -0.25) is 5.43 Å². The van der Waals surface area contributed by atoms with Crippen molar-refractivity contribution < 1.29 is 15.0 Å². The minimum absolute atomic E-state index is 0.123. The van der Waals surface area contributed by atoms with Gasteiger partial charge in [-0.15, -0.1) is 0 Å². The molecule has 4 N–H and O–H groups in total. The summed E-state index contributed by atoms with van der Waals surface area (Å²) >= 11 is 5.15. The standard InChI is InChI=1S/C19H15N3O3S/c23-17-10-7-12-3-1-2-4-15(12)16(17)11-20-22-19(26)21-14-8-5-13(6-9-14)18(24)25/h1-11,23H,(H,24,25)(H2,21,22,26)/b20-11+. The van der Waals surface area contributed by atoms with Crippen LogP contribution in [0, 0.1) is 0 Å².